The third-order valence-electron chi connectivity index (χ3n) is 4.41. The van der Waals surface area contributed by atoms with Crippen LogP contribution in [0, 0.1) is 11.3 Å². The minimum atomic E-state index is -0.489. The van der Waals surface area contributed by atoms with Crippen LogP contribution in [0.15, 0.2) is 73.8 Å². The van der Waals surface area contributed by atoms with Crippen molar-refractivity contribution in [2.75, 3.05) is 10.6 Å². The lowest BCUT2D eigenvalue weighted by atomic mass is 10.1. The van der Waals surface area contributed by atoms with Crippen LogP contribution in [0.3, 0.4) is 0 Å². The van der Waals surface area contributed by atoms with Crippen LogP contribution < -0.4 is 16.3 Å². The minimum absolute atomic E-state index is 0.148. The zero-order chi connectivity index (χ0) is 22.7. The number of benzene rings is 2. The molecule has 2 aromatic carbocycles. The molecule has 9 heteroatoms. The summed E-state index contributed by atoms with van der Waals surface area (Å²) in [6.07, 6.45) is 1.55. The van der Waals surface area contributed by atoms with E-state index >= 15 is 0 Å². The highest BCUT2D eigenvalue weighted by molar-refractivity contribution is 9.10. The number of aromatic nitrogens is 1. The van der Waals surface area contributed by atoms with Gasteiger partial charge in [0.15, 0.2) is 0 Å². The van der Waals surface area contributed by atoms with Gasteiger partial charge in [-0.1, -0.05) is 15.9 Å². The molecule has 158 valence electrons. The van der Waals surface area contributed by atoms with Crippen LogP contribution in [0.25, 0.3) is 27.8 Å². The average Bonchev–Trinajstić information content (AvgIpc) is 3.24. The second kappa shape index (κ2) is 9.18. The van der Waals surface area contributed by atoms with Crippen molar-refractivity contribution in [1.82, 2.24) is 4.98 Å². The second-order valence-corrected chi connectivity index (χ2v) is 8.51. The maximum Gasteiger partial charge on any atom is 0.345 e. The summed E-state index contributed by atoms with van der Waals surface area (Å²) in [6.45, 7) is 1.44. The highest BCUT2D eigenvalue weighted by Crippen LogP contribution is 2.27. The summed E-state index contributed by atoms with van der Waals surface area (Å²) in [5, 5.41) is 18.3. The lowest BCUT2D eigenvalue weighted by molar-refractivity contribution is -0.114. The van der Waals surface area contributed by atoms with Crippen LogP contribution >= 0.6 is 27.3 Å². The normalized spacial score (nSPS) is 11.2. The molecule has 2 heterocycles. The van der Waals surface area contributed by atoms with Crippen molar-refractivity contribution >= 4 is 61.1 Å². The first-order valence-electron chi connectivity index (χ1n) is 9.37. The number of allylic oxidation sites excluding steroid dienone is 1. The molecule has 2 N–H and O–H groups in total. The van der Waals surface area contributed by atoms with Gasteiger partial charge in [0, 0.05) is 39.7 Å². The Morgan fingerprint density at radius 3 is 2.66 bits per heavy atom. The molecule has 1 amide bonds. The van der Waals surface area contributed by atoms with Crippen molar-refractivity contribution in [2.45, 2.75) is 6.92 Å². The summed E-state index contributed by atoms with van der Waals surface area (Å²) in [5.41, 5.74) is 2.52. The smallest absolute Gasteiger partial charge is 0.345 e. The van der Waals surface area contributed by atoms with E-state index in [1.807, 2.05) is 6.07 Å². The Labute approximate surface area is 195 Å². The zero-order valence-electron chi connectivity index (χ0n) is 16.7. The van der Waals surface area contributed by atoms with Crippen molar-refractivity contribution in [3.05, 3.63) is 80.0 Å². The fourth-order valence-electron chi connectivity index (χ4n) is 2.94. The van der Waals surface area contributed by atoms with Crippen LogP contribution in [-0.4, -0.2) is 10.9 Å². The van der Waals surface area contributed by atoms with Crippen LogP contribution in [-0.2, 0) is 4.79 Å². The molecule has 0 aliphatic rings. The van der Waals surface area contributed by atoms with Crippen molar-refractivity contribution in [3.8, 4) is 17.3 Å². The number of hydrogen-bond acceptors (Lipinski definition) is 7. The number of carbonyl (C=O) groups is 1. The first-order valence-corrected chi connectivity index (χ1v) is 11.0. The standard InChI is InChI=1S/C23H15BrN4O3S/c1-13(29)27-18-5-3-17(4-6-18)26-11-15(10-25)22-28-20(12-32-22)19-9-14-8-16(24)2-7-21(14)31-23(19)30/h2-9,11-12,26H,1H3,(H,27,29)/b15-11+. The number of nitrogens with zero attached hydrogens (tertiary/aromatic N) is 2. The summed E-state index contributed by atoms with van der Waals surface area (Å²) < 4.78 is 6.28. The molecular weight excluding hydrogens is 492 g/mol. The molecule has 4 rings (SSSR count). The molecule has 0 atom stereocenters. The van der Waals surface area contributed by atoms with Gasteiger partial charge in [0.05, 0.1) is 11.3 Å². The van der Waals surface area contributed by atoms with E-state index in [1.54, 1.807) is 54.0 Å². The van der Waals surface area contributed by atoms with E-state index in [-0.39, 0.29) is 5.91 Å². The SMILES string of the molecule is CC(=O)Nc1ccc(N/C=C(\C#N)c2nc(-c3cc4cc(Br)ccc4oc3=O)cs2)cc1. The number of rotatable bonds is 5. The first-order chi connectivity index (χ1) is 15.4. The molecule has 0 unspecified atom stereocenters. The molecule has 0 radical (unpaired) electrons. The summed E-state index contributed by atoms with van der Waals surface area (Å²) in [5.74, 6) is -0.148. The largest absolute Gasteiger partial charge is 0.422 e. The molecule has 2 aromatic heterocycles. The van der Waals surface area contributed by atoms with E-state index in [1.165, 1.54) is 18.3 Å². The van der Waals surface area contributed by atoms with Gasteiger partial charge in [0.25, 0.3) is 0 Å². The molecule has 0 fully saturated rings. The van der Waals surface area contributed by atoms with E-state index < -0.39 is 5.63 Å². The number of nitrogens with one attached hydrogen (secondary N) is 2. The Morgan fingerprint density at radius 2 is 1.94 bits per heavy atom. The molecule has 7 nitrogen and oxygen atoms in total. The predicted octanol–water partition coefficient (Wildman–Crippen LogP) is 5.61. The molecule has 0 aliphatic heterocycles. The average molecular weight is 507 g/mol. The minimum Gasteiger partial charge on any atom is -0.422 e. The Bertz CT molecular complexity index is 1450. The van der Waals surface area contributed by atoms with E-state index in [9.17, 15) is 14.9 Å². The Morgan fingerprint density at radius 1 is 1.19 bits per heavy atom. The fourth-order valence-corrected chi connectivity index (χ4v) is 4.11. The fraction of sp³-hybridized carbons (Fsp3) is 0.0435. The summed E-state index contributed by atoms with van der Waals surface area (Å²) >= 11 is 4.67. The van der Waals surface area contributed by atoms with Crippen molar-refractivity contribution in [1.29, 1.82) is 5.26 Å². The topological polar surface area (TPSA) is 108 Å². The molecule has 0 saturated heterocycles. The van der Waals surface area contributed by atoms with Gasteiger partial charge in [0.2, 0.25) is 5.91 Å². The van der Waals surface area contributed by atoms with E-state index in [2.05, 4.69) is 37.6 Å². The maximum absolute atomic E-state index is 12.4. The monoisotopic (exact) mass is 506 g/mol. The molecule has 0 aliphatic carbocycles. The van der Waals surface area contributed by atoms with Gasteiger partial charge in [0.1, 0.15) is 22.2 Å². The zero-order valence-corrected chi connectivity index (χ0v) is 19.1. The number of carbonyl (C=O) groups excluding carboxylic acids is 1. The van der Waals surface area contributed by atoms with Gasteiger partial charge in [-0.05, 0) is 48.5 Å². The third-order valence-corrected chi connectivity index (χ3v) is 5.78. The highest BCUT2D eigenvalue weighted by Gasteiger charge is 2.14. The quantitative estimate of drug-likeness (QED) is 0.268. The Kier molecular flexibility index (Phi) is 6.16. The Hall–Kier alpha value is -3.74. The van der Waals surface area contributed by atoms with Gasteiger partial charge in [-0.25, -0.2) is 9.78 Å². The molecule has 0 spiro atoms. The van der Waals surface area contributed by atoms with E-state index in [0.717, 1.165) is 15.5 Å². The number of fused-ring (bicyclic) bond motifs is 1. The highest BCUT2D eigenvalue weighted by atomic mass is 79.9. The number of amides is 1. The van der Waals surface area contributed by atoms with Gasteiger partial charge in [-0.15, -0.1) is 11.3 Å². The second-order valence-electron chi connectivity index (χ2n) is 6.74. The van der Waals surface area contributed by atoms with Gasteiger partial charge in [-0.3, -0.25) is 4.79 Å². The van der Waals surface area contributed by atoms with Gasteiger partial charge >= 0.3 is 5.63 Å². The van der Waals surface area contributed by atoms with Gasteiger partial charge in [-0.2, -0.15) is 5.26 Å². The molecule has 4 aromatic rings. The lowest BCUT2D eigenvalue weighted by Crippen LogP contribution is -2.05. The lowest BCUT2D eigenvalue weighted by Gasteiger charge is -2.04. The van der Waals surface area contributed by atoms with Crippen molar-refractivity contribution in [3.63, 3.8) is 0 Å². The number of thiazole rings is 1. The molecule has 32 heavy (non-hydrogen) atoms. The van der Waals surface area contributed by atoms with Crippen LogP contribution in [0.5, 0.6) is 0 Å². The number of hydrogen-bond donors (Lipinski definition) is 2. The summed E-state index contributed by atoms with van der Waals surface area (Å²) in [4.78, 5) is 28.0. The number of anilines is 2. The third kappa shape index (κ3) is 4.77. The van der Waals surface area contributed by atoms with Crippen LogP contribution in [0.4, 0.5) is 11.4 Å². The van der Waals surface area contributed by atoms with Gasteiger partial charge < -0.3 is 15.1 Å². The first kappa shape index (κ1) is 21.5. The van der Waals surface area contributed by atoms with E-state index in [4.69, 9.17) is 4.42 Å². The molecule has 0 bridgehead atoms. The Balaban J connectivity index is 1.58. The van der Waals surface area contributed by atoms with Crippen molar-refractivity contribution in [2.24, 2.45) is 0 Å². The van der Waals surface area contributed by atoms with E-state index in [0.29, 0.717) is 33.1 Å². The van der Waals surface area contributed by atoms with Crippen LogP contribution in [0.2, 0.25) is 0 Å². The molecule has 0 saturated carbocycles. The molecular formula is C23H15BrN4O3S. The number of nitriles is 1. The maximum atomic E-state index is 12.4. The van der Waals surface area contributed by atoms with Crippen molar-refractivity contribution < 1.29 is 9.21 Å². The summed E-state index contributed by atoms with van der Waals surface area (Å²) in [7, 11) is 0. The number of halogens is 1. The predicted molar refractivity (Wildman–Crippen MR) is 129 cm³/mol. The summed E-state index contributed by atoms with van der Waals surface area (Å²) in [6, 6.07) is 16.3. The van der Waals surface area contributed by atoms with Crippen LogP contribution in [0.1, 0.15) is 11.9 Å².